The van der Waals surface area contributed by atoms with Gasteiger partial charge >= 0.3 is 0 Å². The van der Waals surface area contributed by atoms with Crippen molar-refractivity contribution < 1.29 is 19.5 Å². The highest BCUT2D eigenvalue weighted by Gasteiger charge is 2.44. The first-order valence-electron chi connectivity index (χ1n) is 16.7. The van der Waals surface area contributed by atoms with Crippen LogP contribution in [-0.4, -0.2) is 64.0 Å². The van der Waals surface area contributed by atoms with Crippen LogP contribution in [0.5, 0.6) is 0 Å². The Bertz CT molecular complexity index is 1230. The second-order valence-corrected chi connectivity index (χ2v) is 14.5. The molecule has 5 N–H and O–H groups in total. The Morgan fingerprint density at radius 3 is 2.16 bits per heavy atom. The van der Waals surface area contributed by atoms with Gasteiger partial charge in [-0.05, 0) is 49.8 Å². The van der Waals surface area contributed by atoms with Gasteiger partial charge in [0.1, 0.15) is 12.1 Å². The van der Waals surface area contributed by atoms with Gasteiger partial charge in [0, 0.05) is 19.4 Å². The Morgan fingerprint density at radius 1 is 1.00 bits per heavy atom. The lowest BCUT2D eigenvalue weighted by atomic mass is 9.85. The molecule has 0 aliphatic carbocycles. The molecule has 2 aromatic rings. The summed E-state index contributed by atoms with van der Waals surface area (Å²) in [6.07, 6.45) is 9.74. The van der Waals surface area contributed by atoms with Gasteiger partial charge < -0.3 is 26.4 Å². The zero-order valence-electron chi connectivity index (χ0n) is 27.9. The monoisotopic (exact) mass is 641 g/mol. The Hall–Kier alpha value is -2.82. The number of aromatic nitrogens is 1. The van der Waals surface area contributed by atoms with E-state index >= 15 is 0 Å². The fourth-order valence-electron chi connectivity index (χ4n) is 5.92. The van der Waals surface area contributed by atoms with Gasteiger partial charge in [0.2, 0.25) is 17.7 Å². The largest absolute Gasteiger partial charge is 0.391 e. The van der Waals surface area contributed by atoms with E-state index in [0.29, 0.717) is 6.42 Å². The molecule has 1 aliphatic rings. The first kappa shape index (κ1) is 36.6. The molecule has 0 radical (unpaired) electrons. The van der Waals surface area contributed by atoms with Crippen LogP contribution in [0.25, 0.3) is 10.4 Å². The fraction of sp³-hybridized carbons (Fsp3) is 0.657. The summed E-state index contributed by atoms with van der Waals surface area (Å²) in [5.74, 6) is -0.802. The van der Waals surface area contributed by atoms with Crippen molar-refractivity contribution in [3.05, 3.63) is 41.0 Å². The number of nitrogens with zero attached hydrogens (tertiary/aromatic N) is 2. The van der Waals surface area contributed by atoms with Crippen molar-refractivity contribution in [1.82, 2.24) is 20.5 Å². The molecule has 9 nitrogen and oxygen atoms in total. The number of rotatable bonds is 17. The third-order valence-electron chi connectivity index (χ3n) is 8.67. The van der Waals surface area contributed by atoms with Crippen LogP contribution in [0.4, 0.5) is 0 Å². The number of unbranched alkanes of at least 4 members (excludes halogenated alkanes) is 8. The topological polar surface area (TPSA) is 138 Å². The summed E-state index contributed by atoms with van der Waals surface area (Å²) >= 11 is 1.59. The molecule has 0 bridgehead atoms. The smallest absolute Gasteiger partial charge is 0.246 e. The first-order valence-corrected chi connectivity index (χ1v) is 17.6. The van der Waals surface area contributed by atoms with Crippen molar-refractivity contribution in [3.8, 4) is 10.4 Å². The van der Waals surface area contributed by atoms with Crippen LogP contribution in [-0.2, 0) is 14.4 Å². The van der Waals surface area contributed by atoms with E-state index in [1.807, 2.05) is 64.4 Å². The van der Waals surface area contributed by atoms with Crippen molar-refractivity contribution in [1.29, 1.82) is 0 Å². The summed E-state index contributed by atoms with van der Waals surface area (Å²) in [7, 11) is 0. The molecule has 250 valence electrons. The van der Waals surface area contributed by atoms with Crippen LogP contribution in [0, 0.1) is 12.3 Å². The van der Waals surface area contributed by atoms with Crippen molar-refractivity contribution in [3.63, 3.8) is 0 Å². The Morgan fingerprint density at radius 2 is 1.60 bits per heavy atom. The summed E-state index contributed by atoms with van der Waals surface area (Å²) in [6, 6.07) is 6.11. The van der Waals surface area contributed by atoms with E-state index in [0.717, 1.165) is 53.9 Å². The van der Waals surface area contributed by atoms with Gasteiger partial charge in [0.15, 0.2) is 0 Å². The van der Waals surface area contributed by atoms with Gasteiger partial charge in [-0.25, -0.2) is 4.98 Å². The van der Waals surface area contributed by atoms with Crippen LogP contribution in [0.3, 0.4) is 0 Å². The second-order valence-electron chi connectivity index (χ2n) is 13.6. The molecule has 2 heterocycles. The predicted molar refractivity (Wildman–Crippen MR) is 182 cm³/mol. The van der Waals surface area contributed by atoms with E-state index in [-0.39, 0.29) is 36.7 Å². The molecule has 3 rings (SSSR count). The fourth-order valence-corrected chi connectivity index (χ4v) is 6.73. The number of carbonyl (C=O) groups is 3. The van der Waals surface area contributed by atoms with Gasteiger partial charge in [0.05, 0.1) is 28.2 Å². The maximum atomic E-state index is 13.9. The maximum absolute atomic E-state index is 13.9. The summed E-state index contributed by atoms with van der Waals surface area (Å²) in [4.78, 5) is 47.2. The number of carbonyl (C=O) groups excluding carboxylic acids is 3. The predicted octanol–water partition coefficient (Wildman–Crippen LogP) is 5.65. The third kappa shape index (κ3) is 11.2. The van der Waals surface area contributed by atoms with Gasteiger partial charge in [-0.1, -0.05) is 90.0 Å². The lowest BCUT2D eigenvalue weighted by Gasteiger charge is -2.35. The molecule has 0 spiro atoms. The minimum Gasteiger partial charge on any atom is -0.391 e. The normalized spacial score (nSPS) is 18.1. The molecule has 0 saturated carbocycles. The number of hydrogen-bond donors (Lipinski definition) is 4. The number of nitrogens with one attached hydrogen (secondary N) is 2. The highest BCUT2D eigenvalue weighted by Crippen LogP contribution is 2.29. The summed E-state index contributed by atoms with van der Waals surface area (Å²) in [5, 5.41) is 16.5. The molecule has 3 amide bonds. The van der Waals surface area contributed by atoms with Crippen LogP contribution in [0.2, 0.25) is 0 Å². The van der Waals surface area contributed by atoms with E-state index in [1.54, 1.807) is 11.3 Å². The summed E-state index contributed by atoms with van der Waals surface area (Å²) in [6.45, 7) is 10.4. The number of aliphatic hydroxyl groups is 1. The average molecular weight is 642 g/mol. The highest BCUT2D eigenvalue weighted by molar-refractivity contribution is 7.13. The van der Waals surface area contributed by atoms with E-state index in [1.165, 1.54) is 37.0 Å². The Kier molecular flexibility index (Phi) is 14.5. The van der Waals surface area contributed by atoms with Crippen LogP contribution < -0.4 is 16.4 Å². The zero-order chi connectivity index (χ0) is 33.0. The number of aryl methyl sites for hydroxylation is 1. The maximum Gasteiger partial charge on any atom is 0.246 e. The summed E-state index contributed by atoms with van der Waals surface area (Å²) in [5.41, 5.74) is 9.80. The molecule has 0 unspecified atom stereocenters. The molecular formula is C35H55N5O4S. The van der Waals surface area contributed by atoms with E-state index < -0.39 is 23.6 Å². The molecule has 45 heavy (non-hydrogen) atoms. The first-order chi connectivity index (χ1) is 21.4. The Balaban J connectivity index is 1.53. The molecule has 1 saturated heterocycles. The van der Waals surface area contributed by atoms with E-state index in [9.17, 15) is 19.5 Å². The molecular weight excluding hydrogens is 586 g/mol. The number of thiazole rings is 1. The molecule has 10 heteroatoms. The molecule has 1 aromatic carbocycles. The van der Waals surface area contributed by atoms with E-state index in [4.69, 9.17) is 5.73 Å². The molecule has 1 aromatic heterocycles. The van der Waals surface area contributed by atoms with Crippen molar-refractivity contribution in [2.24, 2.45) is 11.1 Å². The molecule has 1 aliphatic heterocycles. The average Bonchev–Trinajstić information content (AvgIpc) is 3.61. The number of aliphatic hydroxyl groups excluding tert-OH is 1. The number of amides is 3. The van der Waals surface area contributed by atoms with Crippen LogP contribution in [0.1, 0.15) is 116 Å². The van der Waals surface area contributed by atoms with E-state index in [2.05, 4.69) is 15.6 Å². The van der Waals surface area contributed by atoms with Gasteiger partial charge in [0.25, 0.3) is 0 Å². The minimum absolute atomic E-state index is 0.0584. The van der Waals surface area contributed by atoms with Gasteiger partial charge in [-0.15, -0.1) is 11.3 Å². The standard InChI is InChI=1S/C35H55N5O4S/c1-24(26-16-18-27(19-17-26)31-25(2)37-23-45-31)38-33(43)29-21-28(41)22-40(29)34(44)32(35(3,4)5)39-30(42)15-13-11-9-7-6-8-10-12-14-20-36/h16-19,23-24,28-29,32,41H,6-15,20-22,36H2,1-5H3,(H,38,43)(H,39,42)/t24-,28-,29+,32+/m0/s1. The molecule has 1 fully saturated rings. The van der Waals surface area contributed by atoms with Gasteiger partial charge in [-0.2, -0.15) is 0 Å². The quantitative estimate of drug-likeness (QED) is 0.165. The highest BCUT2D eigenvalue weighted by atomic mass is 32.1. The van der Waals surface area contributed by atoms with Crippen molar-refractivity contribution >= 4 is 29.1 Å². The van der Waals surface area contributed by atoms with Crippen molar-refractivity contribution in [2.45, 2.75) is 129 Å². The van der Waals surface area contributed by atoms with Gasteiger partial charge in [-0.3, -0.25) is 14.4 Å². The van der Waals surface area contributed by atoms with Crippen LogP contribution >= 0.6 is 11.3 Å². The zero-order valence-corrected chi connectivity index (χ0v) is 28.8. The third-order valence-corrected chi connectivity index (χ3v) is 9.65. The summed E-state index contributed by atoms with van der Waals surface area (Å²) < 4.78 is 0. The number of β-amino-alcohol motifs (C(OH)–C–C–N with tert-alkyl or cyclic N) is 1. The number of likely N-dealkylation sites (tertiary alicyclic amines) is 1. The molecule has 4 atom stereocenters. The number of benzene rings is 1. The Labute approximate surface area is 273 Å². The SMILES string of the molecule is Cc1ncsc1-c1ccc([C@H](C)NC(=O)[C@H]2C[C@H](O)CN2C(=O)[C@@H](NC(=O)CCCCCCCCCCCN)C(C)(C)C)cc1. The lowest BCUT2D eigenvalue weighted by molar-refractivity contribution is -0.144. The van der Waals surface area contributed by atoms with Crippen LogP contribution in [0.15, 0.2) is 29.8 Å². The van der Waals surface area contributed by atoms with Crippen molar-refractivity contribution in [2.75, 3.05) is 13.1 Å². The number of nitrogens with two attached hydrogens (primary N) is 1. The minimum atomic E-state index is -0.814. The lowest BCUT2D eigenvalue weighted by Crippen LogP contribution is -2.57. The second kappa shape index (κ2) is 17.8. The number of hydrogen-bond acceptors (Lipinski definition) is 7.